The van der Waals surface area contributed by atoms with Crippen LogP contribution in [0.4, 0.5) is 0 Å². The van der Waals surface area contributed by atoms with Crippen LogP contribution in [0.2, 0.25) is 0 Å². The van der Waals surface area contributed by atoms with Gasteiger partial charge in [0.1, 0.15) is 0 Å². The Balaban J connectivity index is 4.06. The molecule has 6 heteroatoms. The predicted octanol–water partition coefficient (Wildman–Crippen LogP) is -0.549. The number of carboxylic acid groups (broad SMARTS) is 3. The van der Waals surface area contributed by atoms with E-state index in [1.807, 2.05) is 0 Å². The van der Waals surface area contributed by atoms with Gasteiger partial charge in [-0.15, -0.1) is 0 Å². The second-order valence-electron chi connectivity index (χ2n) is 2.01. The van der Waals surface area contributed by atoms with Gasteiger partial charge in [0, 0.05) is 0 Å². The topological polar surface area (TPSA) is 112 Å². The maximum atomic E-state index is 10.2. The molecule has 0 aliphatic rings. The monoisotopic (exact) mass is 175 g/mol. The third kappa shape index (κ3) is 3.55. The largest absolute Gasteiger partial charge is 0.481 e. The van der Waals surface area contributed by atoms with Crippen LogP contribution in [0.3, 0.4) is 0 Å². The average molecular weight is 175 g/mol. The first-order chi connectivity index (χ1) is 5.45. The molecule has 67 valence electrons. The molecule has 0 spiro atoms. The van der Waals surface area contributed by atoms with Crippen LogP contribution in [0.1, 0.15) is 6.42 Å². The van der Waals surface area contributed by atoms with Crippen molar-refractivity contribution in [1.29, 1.82) is 0 Å². The number of rotatable bonds is 5. The Morgan fingerprint density at radius 3 is 1.75 bits per heavy atom. The minimum Gasteiger partial charge on any atom is -0.481 e. The molecule has 6 nitrogen and oxygen atoms in total. The van der Waals surface area contributed by atoms with Crippen LogP contribution in [0.5, 0.6) is 0 Å². The molecule has 0 saturated carbocycles. The van der Waals surface area contributed by atoms with Gasteiger partial charge in [0.2, 0.25) is 0 Å². The van der Waals surface area contributed by atoms with E-state index >= 15 is 0 Å². The van der Waals surface area contributed by atoms with Crippen LogP contribution in [0.15, 0.2) is 0 Å². The normalized spacial score (nSPS) is 9.75. The minimum absolute atomic E-state index is 0.514. The maximum absolute atomic E-state index is 10.2. The van der Waals surface area contributed by atoms with Crippen molar-refractivity contribution in [2.45, 2.75) is 6.42 Å². The van der Waals surface area contributed by atoms with Crippen LogP contribution in [0.25, 0.3) is 0 Å². The van der Waals surface area contributed by atoms with Gasteiger partial charge in [-0.2, -0.15) is 0 Å². The van der Waals surface area contributed by atoms with Crippen molar-refractivity contribution in [2.24, 2.45) is 5.92 Å². The first-order valence-corrected chi connectivity index (χ1v) is 2.97. The first kappa shape index (κ1) is 10.4. The standard InChI is InChI=1S/C6H7O6/c7-4(8)2-1-3(5(9)10)6(11)12/h2-3H,1H2,(H,7,8)(H,9,10)(H,11,12). The van der Waals surface area contributed by atoms with Gasteiger partial charge in [0.25, 0.3) is 0 Å². The summed E-state index contributed by atoms with van der Waals surface area (Å²) < 4.78 is 0. The van der Waals surface area contributed by atoms with E-state index in [-0.39, 0.29) is 0 Å². The molecule has 0 aliphatic heterocycles. The number of carbonyl (C=O) groups is 3. The van der Waals surface area contributed by atoms with Crippen LogP contribution >= 0.6 is 0 Å². The molecule has 0 amide bonds. The van der Waals surface area contributed by atoms with Crippen LogP contribution in [-0.2, 0) is 14.4 Å². The smallest absolute Gasteiger partial charge is 0.317 e. The van der Waals surface area contributed by atoms with Crippen molar-refractivity contribution >= 4 is 17.9 Å². The van der Waals surface area contributed by atoms with E-state index in [4.69, 9.17) is 15.3 Å². The second-order valence-corrected chi connectivity index (χ2v) is 2.01. The zero-order chi connectivity index (χ0) is 9.72. The molecule has 3 N–H and O–H groups in total. The molecule has 0 saturated heterocycles. The molecule has 0 aromatic heterocycles. The SMILES string of the molecule is O=C(O)[CH]CC(C(=O)O)C(=O)O. The number of aliphatic carboxylic acids is 3. The highest BCUT2D eigenvalue weighted by Crippen LogP contribution is 2.05. The summed E-state index contributed by atoms with van der Waals surface area (Å²) in [4.78, 5) is 30.2. The first-order valence-electron chi connectivity index (χ1n) is 2.97. The van der Waals surface area contributed by atoms with Gasteiger partial charge in [-0.25, -0.2) is 0 Å². The van der Waals surface area contributed by atoms with Gasteiger partial charge in [-0.1, -0.05) is 0 Å². The van der Waals surface area contributed by atoms with Crippen molar-refractivity contribution in [1.82, 2.24) is 0 Å². The number of hydrogen-bond acceptors (Lipinski definition) is 3. The summed E-state index contributed by atoms with van der Waals surface area (Å²) in [6, 6.07) is 0. The maximum Gasteiger partial charge on any atom is 0.317 e. The van der Waals surface area contributed by atoms with Gasteiger partial charge in [-0.05, 0) is 6.42 Å². The molecule has 0 rings (SSSR count). The predicted molar refractivity (Wildman–Crippen MR) is 35.3 cm³/mol. The van der Waals surface area contributed by atoms with Gasteiger partial charge >= 0.3 is 17.9 Å². The second kappa shape index (κ2) is 4.32. The van der Waals surface area contributed by atoms with Crippen molar-refractivity contribution in [3.8, 4) is 0 Å². The molecule has 0 aromatic rings. The minimum atomic E-state index is -1.68. The highest BCUT2D eigenvalue weighted by atomic mass is 16.4. The van der Waals surface area contributed by atoms with E-state index in [1.54, 1.807) is 0 Å². The third-order valence-electron chi connectivity index (χ3n) is 1.12. The molecule has 0 heterocycles. The summed E-state index contributed by atoms with van der Waals surface area (Å²) in [7, 11) is 0. The highest BCUT2D eigenvalue weighted by molar-refractivity contribution is 5.93. The van der Waals surface area contributed by atoms with Crippen LogP contribution in [0, 0.1) is 12.3 Å². The summed E-state index contributed by atoms with van der Waals surface area (Å²) in [5, 5.41) is 24.6. The van der Waals surface area contributed by atoms with E-state index in [0.717, 1.165) is 0 Å². The molecule has 0 unspecified atom stereocenters. The van der Waals surface area contributed by atoms with E-state index < -0.39 is 30.2 Å². The van der Waals surface area contributed by atoms with Crippen molar-refractivity contribution < 1.29 is 29.7 Å². The van der Waals surface area contributed by atoms with Gasteiger partial charge in [0.15, 0.2) is 5.92 Å². The fraction of sp³-hybridized carbons (Fsp3) is 0.333. The highest BCUT2D eigenvalue weighted by Gasteiger charge is 2.26. The van der Waals surface area contributed by atoms with Crippen molar-refractivity contribution in [3.63, 3.8) is 0 Å². The lowest BCUT2D eigenvalue weighted by atomic mass is 10.0. The summed E-state index contributed by atoms with van der Waals surface area (Å²) in [6.07, 6.45) is 0.0902. The van der Waals surface area contributed by atoms with E-state index in [9.17, 15) is 14.4 Å². The summed E-state index contributed by atoms with van der Waals surface area (Å²) >= 11 is 0. The van der Waals surface area contributed by atoms with Gasteiger partial charge in [0.05, 0.1) is 6.42 Å². The van der Waals surface area contributed by atoms with E-state index in [2.05, 4.69) is 0 Å². The Morgan fingerprint density at radius 2 is 1.50 bits per heavy atom. The van der Waals surface area contributed by atoms with Gasteiger partial charge in [-0.3, -0.25) is 14.4 Å². The lowest BCUT2D eigenvalue weighted by molar-refractivity contribution is -0.154. The Hall–Kier alpha value is -1.59. The third-order valence-corrected chi connectivity index (χ3v) is 1.12. The summed E-state index contributed by atoms with van der Waals surface area (Å²) in [5.41, 5.74) is 0. The molecule has 0 atom stereocenters. The fourth-order valence-electron chi connectivity index (χ4n) is 0.526. The quantitative estimate of drug-likeness (QED) is 0.483. The van der Waals surface area contributed by atoms with Crippen LogP contribution in [-0.4, -0.2) is 33.2 Å². The Labute approximate surface area is 67.4 Å². The molecule has 0 aliphatic carbocycles. The average Bonchev–Trinajstić information content (AvgIpc) is 1.84. The van der Waals surface area contributed by atoms with Crippen LogP contribution < -0.4 is 0 Å². The summed E-state index contributed by atoms with van der Waals surface area (Å²) in [6.45, 7) is 0. The Bertz CT molecular complexity index is 194. The van der Waals surface area contributed by atoms with E-state index in [0.29, 0.717) is 6.42 Å². The molecular formula is C6H7O6. The van der Waals surface area contributed by atoms with Crippen molar-refractivity contribution in [2.75, 3.05) is 0 Å². The van der Waals surface area contributed by atoms with E-state index in [1.165, 1.54) is 0 Å². The number of hydrogen-bond donors (Lipinski definition) is 3. The molecule has 12 heavy (non-hydrogen) atoms. The Kier molecular flexibility index (Phi) is 3.75. The zero-order valence-corrected chi connectivity index (χ0v) is 5.93. The lowest BCUT2D eigenvalue weighted by Gasteiger charge is -2.03. The van der Waals surface area contributed by atoms with Crippen molar-refractivity contribution in [3.05, 3.63) is 6.42 Å². The van der Waals surface area contributed by atoms with Gasteiger partial charge < -0.3 is 15.3 Å². The molecule has 0 bridgehead atoms. The number of carboxylic acids is 3. The fourth-order valence-corrected chi connectivity index (χ4v) is 0.526. The summed E-state index contributed by atoms with van der Waals surface area (Å²) in [5.74, 6) is -6.09. The molecule has 1 radical (unpaired) electrons. The Morgan fingerprint density at radius 1 is 1.08 bits per heavy atom. The molecule has 0 fully saturated rings. The zero-order valence-electron chi connectivity index (χ0n) is 5.93. The molecular weight excluding hydrogens is 168 g/mol. The lowest BCUT2D eigenvalue weighted by Crippen LogP contribution is -2.24. The molecule has 0 aromatic carbocycles.